The molecule has 0 atom stereocenters. The first-order valence-corrected chi connectivity index (χ1v) is 7.46. The Labute approximate surface area is 123 Å². The van der Waals surface area contributed by atoms with Crippen molar-refractivity contribution in [2.75, 3.05) is 24.5 Å². The van der Waals surface area contributed by atoms with Crippen molar-refractivity contribution < 1.29 is 4.79 Å². The van der Waals surface area contributed by atoms with Crippen LogP contribution in [0.5, 0.6) is 0 Å². The molecule has 5 heteroatoms. The first kappa shape index (κ1) is 12.6. The zero-order valence-corrected chi connectivity index (χ0v) is 11.9. The standard InChI is InChI=1S/C16H18N4O/c21-16(11-18-7-3-4-8-18)19-10-13-9-17-12-20(13)15-6-2-1-5-14(15)19/h1-2,5-6,9,12H,3-4,7-8,10-11H2. The lowest BCUT2D eigenvalue weighted by molar-refractivity contribution is -0.119. The number of aromatic nitrogens is 2. The predicted molar refractivity (Wildman–Crippen MR) is 80.4 cm³/mol. The van der Waals surface area contributed by atoms with Gasteiger partial charge in [0.25, 0.3) is 0 Å². The number of anilines is 1. The summed E-state index contributed by atoms with van der Waals surface area (Å²) in [6, 6.07) is 8.03. The average molecular weight is 282 g/mol. The maximum atomic E-state index is 12.7. The summed E-state index contributed by atoms with van der Waals surface area (Å²) >= 11 is 0. The van der Waals surface area contributed by atoms with E-state index in [-0.39, 0.29) is 5.91 Å². The van der Waals surface area contributed by atoms with Gasteiger partial charge in [-0.15, -0.1) is 0 Å². The molecule has 1 aromatic carbocycles. The molecule has 5 nitrogen and oxygen atoms in total. The molecule has 2 aromatic rings. The largest absolute Gasteiger partial charge is 0.303 e. The fourth-order valence-corrected chi connectivity index (χ4v) is 3.24. The van der Waals surface area contributed by atoms with Gasteiger partial charge in [-0.3, -0.25) is 14.3 Å². The van der Waals surface area contributed by atoms with Crippen molar-refractivity contribution in [1.82, 2.24) is 14.5 Å². The Kier molecular flexibility index (Phi) is 3.00. The van der Waals surface area contributed by atoms with Crippen LogP contribution in [0.25, 0.3) is 5.69 Å². The van der Waals surface area contributed by atoms with Crippen LogP contribution in [0.3, 0.4) is 0 Å². The molecular formula is C16H18N4O. The van der Waals surface area contributed by atoms with Gasteiger partial charge in [-0.05, 0) is 38.1 Å². The maximum Gasteiger partial charge on any atom is 0.241 e. The van der Waals surface area contributed by atoms with Gasteiger partial charge in [-0.25, -0.2) is 4.98 Å². The van der Waals surface area contributed by atoms with Crippen molar-refractivity contribution in [1.29, 1.82) is 0 Å². The molecule has 2 aliphatic heterocycles. The number of nitrogens with zero attached hydrogens (tertiary/aromatic N) is 4. The zero-order chi connectivity index (χ0) is 14.2. The van der Waals surface area contributed by atoms with Crippen LogP contribution in [0.15, 0.2) is 36.8 Å². The number of carbonyl (C=O) groups is 1. The Morgan fingerprint density at radius 2 is 1.90 bits per heavy atom. The van der Waals surface area contributed by atoms with Gasteiger partial charge in [0, 0.05) is 0 Å². The average Bonchev–Trinajstić information content (AvgIpc) is 3.17. The Morgan fingerprint density at radius 1 is 1.14 bits per heavy atom. The van der Waals surface area contributed by atoms with E-state index in [9.17, 15) is 4.79 Å². The van der Waals surface area contributed by atoms with Crippen LogP contribution < -0.4 is 4.90 Å². The van der Waals surface area contributed by atoms with Crippen LogP contribution in [-0.2, 0) is 11.3 Å². The molecule has 1 fully saturated rings. The Hall–Kier alpha value is -2.14. The molecule has 0 N–H and O–H groups in total. The minimum atomic E-state index is 0.178. The van der Waals surface area contributed by atoms with Crippen LogP contribution in [0, 0.1) is 0 Å². The molecule has 0 radical (unpaired) electrons. The number of imidazole rings is 1. The van der Waals surface area contributed by atoms with Crippen molar-refractivity contribution >= 4 is 11.6 Å². The highest BCUT2D eigenvalue weighted by molar-refractivity contribution is 5.97. The minimum absolute atomic E-state index is 0.178. The number of carbonyl (C=O) groups excluding carboxylic acids is 1. The second-order valence-electron chi connectivity index (χ2n) is 5.71. The van der Waals surface area contributed by atoms with E-state index in [1.807, 2.05) is 41.7 Å². The predicted octanol–water partition coefficient (Wildman–Crippen LogP) is 1.81. The van der Waals surface area contributed by atoms with Gasteiger partial charge in [0.1, 0.15) is 0 Å². The summed E-state index contributed by atoms with van der Waals surface area (Å²) in [6.45, 7) is 3.20. The second-order valence-corrected chi connectivity index (χ2v) is 5.71. The van der Waals surface area contributed by atoms with Crippen LogP contribution >= 0.6 is 0 Å². The van der Waals surface area contributed by atoms with E-state index in [1.165, 1.54) is 12.8 Å². The number of hydrogen-bond acceptors (Lipinski definition) is 3. The second kappa shape index (κ2) is 5.00. The monoisotopic (exact) mass is 282 g/mol. The van der Waals surface area contributed by atoms with Gasteiger partial charge in [-0.2, -0.15) is 0 Å². The van der Waals surface area contributed by atoms with Gasteiger partial charge >= 0.3 is 0 Å². The van der Waals surface area contributed by atoms with Crippen LogP contribution in [0.1, 0.15) is 18.5 Å². The molecule has 1 saturated heterocycles. The first-order valence-electron chi connectivity index (χ1n) is 7.46. The molecule has 0 unspecified atom stereocenters. The fourth-order valence-electron chi connectivity index (χ4n) is 3.24. The summed E-state index contributed by atoms with van der Waals surface area (Å²) in [6.07, 6.45) is 6.07. The van der Waals surface area contributed by atoms with Gasteiger partial charge < -0.3 is 4.90 Å². The topological polar surface area (TPSA) is 41.4 Å². The number of rotatable bonds is 2. The van der Waals surface area contributed by atoms with Crippen molar-refractivity contribution in [3.63, 3.8) is 0 Å². The van der Waals surface area contributed by atoms with Crippen molar-refractivity contribution in [2.45, 2.75) is 19.4 Å². The van der Waals surface area contributed by atoms with Gasteiger partial charge in [-0.1, -0.05) is 12.1 Å². The SMILES string of the molecule is O=C(CN1CCCC1)N1Cc2cncn2-c2ccccc21. The Bertz CT molecular complexity index is 672. The molecule has 2 aliphatic rings. The summed E-state index contributed by atoms with van der Waals surface area (Å²) in [5.74, 6) is 0.178. The van der Waals surface area contributed by atoms with E-state index < -0.39 is 0 Å². The zero-order valence-electron chi connectivity index (χ0n) is 11.9. The highest BCUT2D eigenvalue weighted by Gasteiger charge is 2.27. The number of benzene rings is 1. The summed E-state index contributed by atoms with van der Waals surface area (Å²) in [5.41, 5.74) is 3.07. The Balaban J connectivity index is 1.66. The number of amides is 1. The quantitative estimate of drug-likeness (QED) is 0.843. The number of likely N-dealkylation sites (tertiary alicyclic amines) is 1. The summed E-state index contributed by atoms with van der Waals surface area (Å²) < 4.78 is 2.06. The van der Waals surface area contributed by atoms with Gasteiger partial charge in [0.05, 0.1) is 42.7 Å². The van der Waals surface area contributed by atoms with Crippen molar-refractivity contribution in [3.05, 3.63) is 42.5 Å². The molecular weight excluding hydrogens is 264 g/mol. The lowest BCUT2D eigenvalue weighted by atomic mass is 10.1. The number of para-hydroxylation sites is 2. The molecule has 1 aromatic heterocycles. The molecule has 4 rings (SSSR count). The van der Waals surface area contributed by atoms with Crippen LogP contribution in [-0.4, -0.2) is 40.0 Å². The van der Waals surface area contributed by atoms with Gasteiger partial charge in [0.15, 0.2) is 0 Å². The third-order valence-electron chi connectivity index (χ3n) is 4.33. The number of hydrogen-bond donors (Lipinski definition) is 0. The molecule has 0 aliphatic carbocycles. The summed E-state index contributed by atoms with van der Waals surface area (Å²) in [5, 5.41) is 0. The van der Waals surface area contributed by atoms with E-state index in [0.29, 0.717) is 13.1 Å². The van der Waals surface area contributed by atoms with E-state index in [1.54, 1.807) is 0 Å². The highest BCUT2D eigenvalue weighted by Crippen LogP contribution is 2.31. The number of fused-ring (bicyclic) bond motifs is 3. The Morgan fingerprint density at radius 3 is 2.71 bits per heavy atom. The van der Waals surface area contributed by atoms with Crippen molar-refractivity contribution in [2.24, 2.45) is 0 Å². The van der Waals surface area contributed by atoms with Crippen LogP contribution in [0.4, 0.5) is 5.69 Å². The highest BCUT2D eigenvalue weighted by atomic mass is 16.2. The summed E-state index contributed by atoms with van der Waals surface area (Å²) in [7, 11) is 0. The lowest BCUT2D eigenvalue weighted by Crippen LogP contribution is -2.41. The molecule has 3 heterocycles. The third-order valence-corrected chi connectivity index (χ3v) is 4.33. The van der Waals surface area contributed by atoms with Crippen LogP contribution in [0.2, 0.25) is 0 Å². The minimum Gasteiger partial charge on any atom is -0.303 e. The van der Waals surface area contributed by atoms with E-state index in [2.05, 4.69) is 14.5 Å². The molecule has 0 bridgehead atoms. The maximum absolute atomic E-state index is 12.7. The molecule has 21 heavy (non-hydrogen) atoms. The van der Waals surface area contributed by atoms with E-state index >= 15 is 0 Å². The molecule has 108 valence electrons. The summed E-state index contributed by atoms with van der Waals surface area (Å²) in [4.78, 5) is 21.1. The smallest absolute Gasteiger partial charge is 0.241 e. The molecule has 0 spiro atoms. The van der Waals surface area contributed by atoms with E-state index in [0.717, 1.165) is 30.2 Å². The van der Waals surface area contributed by atoms with Gasteiger partial charge in [0.2, 0.25) is 5.91 Å². The van der Waals surface area contributed by atoms with Crippen molar-refractivity contribution in [3.8, 4) is 5.69 Å². The fraction of sp³-hybridized carbons (Fsp3) is 0.375. The lowest BCUT2D eigenvalue weighted by Gasteiger charge is -2.31. The first-order chi connectivity index (χ1) is 10.3. The third kappa shape index (κ3) is 2.14. The van der Waals surface area contributed by atoms with E-state index in [4.69, 9.17) is 0 Å². The molecule has 1 amide bonds. The normalized spacial score (nSPS) is 17.6. The molecule has 0 saturated carbocycles.